The second-order valence-electron chi connectivity index (χ2n) is 4.15. The molecular formula is C15H8ClFO2. The van der Waals surface area contributed by atoms with Crippen LogP contribution in [0.4, 0.5) is 4.39 Å². The van der Waals surface area contributed by atoms with Crippen molar-refractivity contribution < 1.29 is 13.6 Å². The van der Waals surface area contributed by atoms with Gasteiger partial charge < -0.3 is 4.42 Å². The Kier molecular flexibility index (Phi) is 2.84. The molecule has 3 aromatic rings. The molecule has 0 amide bonds. The number of carbonyl (C=O) groups excluding carboxylic acids is 1. The van der Waals surface area contributed by atoms with Crippen molar-refractivity contribution in [3.63, 3.8) is 0 Å². The van der Waals surface area contributed by atoms with Crippen molar-refractivity contribution in [2.24, 2.45) is 0 Å². The highest BCUT2D eigenvalue weighted by atomic mass is 35.5. The van der Waals surface area contributed by atoms with Gasteiger partial charge in [0.05, 0.1) is 5.02 Å². The average molecular weight is 275 g/mol. The summed E-state index contributed by atoms with van der Waals surface area (Å²) in [5.41, 5.74) is 1.77. The summed E-state index contributed by atoms with van der Waals surface area (Å²) < 4.78 is 18.7. The van der Waals surface area contributed by atoms with Crippen LogP contribution >= 0.6 is 11.6 Å². The monoisotopic (exact) mass is 274 g/mol. The minimum Gasteiger partial charge on any atom is -0.456 e. The van der Waals surface area contributed by atoms with Gasteiger partial charge in [-0.1, -0.05) is 17.7 Å². The maximum absolute atomic E-state index is 13.1. The number of halogens is 2. The van der Waals surface area contributed by atoms with Crippen LogP contribution in [0.15, 0.2) is 46.9 Å². The molecule has 0 saturated heterocycles. The molecule has 0 unspecified atom stereocenters. The van der Waals surface area contributed by atoms with E-state index < -0.39 is 0 Å². The maximum Gasteiger partial charge on any atom is 0.151 e. The van der Waals surface area contributed by atoms with Gasteiger partial charge in [0, 0.05) is 16.5 Å². The van der Waals surface area contributed by atoms with E-state index in [0.29, 0.717) is 33.6 Å². The van der Waals surface area contributed by atoms with E-state index in [1.54, 1.807) is 30.3 Å². The summed E-state index contributed by atoms with van der Waals surface area (Å²) in [5.74, 6) is 0.272. The summed E-state index contributed by atoms with van der Waals surface area (Å²) in [6.07, 6.45) is 0.695. The largest absolute Gasteiger partial charge is 0.456 e. The Morgan fingerprint density at radius 3 is 2.68 bits per heavy atom. The SMILES string of the molecule is O=Cc1ccc(-c2cc3cc(F)ccc3o2)cc1Cl. The van der Waals surface area contributed by atoms with Crippen LogP contribution in [-0.4, -0.2) is 6.29 Å². The van der Waals surface area contributed by atoms with Crippen LogP contribution in [0.2, 0.25) is 5.02 Å². The Labute approximate surface area is 113 Å². The standard InChI is InChI=1S/C15H8ClFO2/c16-13-6-9(1-2-10(13)8-18)15-7-11-5-12(17)3-4-14(11)19-15/h1-8H. The molecule has 0 N–H and O–H groups in total. The van der Waals surface area contributed by atoms with Gasteiger partial charge >= 0.3 is 0 Å². The molecule has 0 aliphatic carbocycles. The molecule has 19 heavy (non-hydrogen) atoms. The number of benzene rings is 2. The summed E-state index contributed by atoms with van der Waals surface area (Å²) in [6.45, 7) is 0. The molecule has 0 fully saturated rings. The molecule has 94 valence electrons. The molecule has 0 radical (unpaired) electrons. The summed E-state index contributed by atoms with van der Waals surface area (Å²) in [5, 5.41) is 1.05. The molecule has 0 spiro atoms. The summed E-state index contributed by atoms with van der Waals surface area (Å²) in [6, 6.07) is 11.1. The Hall–Kier alpha value is -2.13. The maximum atomic E-state index is 13.1. The topological polar surface area (TPSA) is 30.2 Å². The Bertz CT molecular complexity index is 777. The average Bonchev–Trinajstić information content (AvgIpc) is 2.81. The molecule has 4 heteroatoms. The van der Waals surface area contributed by atoms with Crippen LogP contribution in [0.5, 0.6) is 0 Å². The third-order valence-electron chi connectivity index (χ3n) is 2.89. The van der Waals surface area contributed by atoms with E-state index in [1.807, 2.05) is 0 Å². The predicted octanol–water partition coefficient (Wildman–Crippen LogP) is 4.70. The van der Waals surface area contributed by atoms with Gasteiger partial charge in [-0.2, -0.15) is 0 Å². The molecule has 0 saturated carbocycles. The fraction of sp³-hybridized carbons (Fsp3) is 0. The molecule has 2 nitrogen and oxygen atoms in total. The number of hydrogen-bond donors (Lipinski definition) is 0. The number of hydrogen-bond acceptors (Lipinski definition) is 2. The van der Waals surface area contributed by atoms with Crippen molar-refractivity contribution in [2.45, 2.75) is 0 Å². The Morgan fingerprint density at radius 1 is 1.11 bits per heavy atom. The first-order valence-corrected chi connectivity index (χ1v) is 5.99. The van der Waals surface area contributed by atoms with Gasteiger partial charge in [0.2, 0.25) is 0 Å². The lowest BCUT2D eigenvalue weighted by atomic mass is 10.1. The van der Waals surface area contributed by atoms with Crippen molar-refractivity contribution in [1.29, 1.82) is 0 Å². The lowest BCUT2D eigenvalue weighted by Crippen LogP contribution is -1.82. The second-order valence-corrected chi connectivity index (χ2v) is 4.55. The minimum absolute atomic E-state index is 0.311. The zero-order valence-electron chi connectivity index (χ0n) is 9.69. The zero-order valence-corrected chi connectivity index (χ0v) is 10.4. The highest BCUT2D eigenvalue weighted by Gasteiger charge is 2.09. The van der Waals surface area contributed by atoms with Crippen molar-refractivity contribution in [1.82, 2.24) is 0 Å². The van der Waals surface area contributed by atoms with Gasteiger partial charge in [-0.25, -0.2) is 4.39 Å². The minimum atomic E-state index is -0.311. The highest BCUT2D eigenvalue weighted by molar-refractivity contribution is 6.33. The van der Waals surface area contributed by atoms with Crippen LogP contribution in [-0.2, 0) is 0 Å². The first-order valence-electron chi connectivity index (χ1n) is 5.61. The fourth-order valence-electron chi connectivity index (χ4n) is 1.93. The van der Waals surface area contributed by atoms with Gasteiger partial charge in [0.25, 0.3) is 0 Å². The smallest absolute Gasteiger partial charge is 0.151 e. The van der Waals surface area contributed by atoms with Crippen molar-refractivity contribution in [3.8, 4) is 11.3 Å². The third-order valence-corrected chi connectivity index (χ3v) is 3.22. The number of aldehydes is 1. The van der Waals surface area contributed by atoms with E-state index in [9.17, 15) is 9.18 Å². The number of carbonyl (C=O) groups is 1. The highest BCUT2D eigenvalue weighted by Crippen LogP contribution is 2.30. The Balaban J connectivity index is 2.13. The van der Waals surface area contributed by atoms with Gasteiger partial charge in [-0.15, -0.1) is 0 Å². The van der Waals surface area contributed by atoms with Crippen LogP contribution < -0.4 is 0 Å². The lowest BCUT2D eigenvalue weighted by molar-refractivity contribution is 0.112. The van der Waals surface area contributed by atoms with Crippen LogP contribution in [0.25, 0.3) is 22.3 Å². The third kappa shape index (κ3) is 2.13. The normalized spacial score (nSPS) is 10.8. The van der Waals surface area contributed by atoms with Crippen molar-refractivity contribution >= 4 is 28.9 Å². The zero-order chi connectivity index (χ0) is 13.4. The Morgan fingerprint density at radius 2 is 1.95 bits per heavy atom. The summed E-state index contributed by atoms with van der Waals surface area (Å²) in [4.78, 5) is 10.7. The molecule has 1 heterocycles. The lowest BCUT2D eigenvalue weighted by Gasteiger charge is -1.99. The van der Waals surface area contributed by atoms with Crippen LogP contribution in [0.1, 0.15) is 10.4 Å². The number of fused-ring (bicyclic) bond motifs is 1. The van der Waals surface area contributed by atoms with Gasteiger partial charge in [0.1, 0.15) is 17.2 Å². The molecule has 0 aliphatic heterocycles. The van der Waals surface area contributed by atoms with Crippen molar-refractivity contribution in [2.75, 3.05) is 0 Å². The van der Waals surface area contributed by atoms with E-state index in [1.165, 1.54) is 12.1 Å². The van der Waals surface area contributed by atoms with Crippen LogP contribution in [0.3, 0.4) is 0 Å². The van der Waals surface area contributed by atoms with Crippen molar-refractivity contribution in [3.05, 3.63) is 58.9 Å². The quantitative estimate of drug-likeness (QED) is 0.634. The van der Waals surface area contributed by atoms with E-state index in [0.717, 1.165) is 5.56 Å². The molecule has 1 aromatic heterocycles. The van der Waals surface area contributed by atoms with Gasteiger partial charge in [-0.3, -0.25) is 4.79 Å². The number of rotatable bonds is 2. The molecule has 0 bridgehead atoms. The van der Waals surface area contributed by atoms with E-state index >= 15 is 0 Å². The molecular weight excluding hydrogens is 267 g/mol. The first kappa shape index (κ1) is 11.9. The predicted molar refractivity (Wildman–Crippen MR) is 72.0 cm³/mol. The van der Waals surface area contributed by atoms with Gasteiger partial charge in [-0.05, 0) is 36.4 Å². The van der Waals surface area contributed by atoms with E-state index in [4.69, 9.17) is 16.0 Å². The fourth-order valence-corrected chi connectivity index (χ4v) is 2.16. The molecule has 3 rings (SSSR count). The molecule has 2 aromatic carbocycles. The second kappa shape index (κ2) is 4.52. The summed E-state index contributed by atoms with van der Waals surface area (Å²) in [7, 11) is 0. The van der Waals surface area contributed by atoms with Crippen LogP contribution in [0, 0.1) is 5.82 Å². The first-order chi connectivity index (χ1) is 9.17. The number of furan rings is 1. The molecule has 0 aliphatic rings. The molecule has 0 atom stereocenters. The van der Waals surface area contributed by atoms with E-state index in [-0.39, 0.29) is 5.82 Å². The van der Waals surface area contributed by atoms with Gasteiger partial charge in [0.15, 0.2) is 6.29 Å². The van der Waals surface area contributed by atoms with E-state index in [2.05, 4.69) is 0 Å². The summed E-state index contributed by atoms with van der Waals surface area (Å²) >= 11 is 5.97.